The monoisotopic (exact) mass is 480 g/mol. The van der Waals surface area contributed by atoms with Crippen molar-refractivity contribution < 1.29 is 32.2 Å². The number of aromatic nitrogens is 1. The number of nitrogens with one attached hydrogen (secondary N) is 2. The van der Waals surface area contributed by atoms with E-state index >= 15 is 0 Å². The normalized spacial score (nSPS) is 17.0. The number of hydrazine groups is 1. The molecule has 0 aliphatic carbocycles. The Labute approximate surface area is 195 Å². The van der Waals surface area contributed by atoms with Gasteiger partial charge in [-0.1, -0.05) is 0 Å². The predicted molar refractivity (Wildman–Crippen MR) is 118 cm³/mol. The molecular weight excluding hydrogens is 453 g/mol. The zero-order valence-electron chi connectivity index (χ0n) is 18.9. The van der Waals surface area contributed by atoms with Gasteiger partial charge in [0.25, 0.3) is 5.91 Å². The van der Waals surface area contributed by atoms with Gasteiger partial charge in [-0.05, 0) is 63.1 Å². The number of nitrogens with zero attached hydrogens (tertiary/aromatic N) is 2. The van der Waals surface area contributed by atoms with Crippen LogP contribution in [0.4, 0.5) is 19.0 Å². The third-order valence-corrected chi connectivity index (χ3v) is 5.31. The van der Waals surface area contributed by atoms with Gasteiger partial charge in [-0.2, -0.15) is 13.2 Å². The number of carbonyl (C=O) groups excluding carboxylic acids is 2. The molecule has 1 aliphatic rings. The Kier molecular flexibility index (Phi) is 8.19. The Balaban J connectivity index is 1.53. The second-order valence-corrected chi connectivity index (χ2v) is 7.80. The Morgan fingerprint density at radius 1 is 1.18 bits per heavy atom. The maximum absolute atomic E-state index is 13.3. The summed E-state index contributed by atoms with van der Waals surface area (Å²) in [7, 11) is 0. The van der Waals surface area contributed by atoms with Gasteiger partial charge in [0.05, 0.1) is 18.1 Å². The van der Waals surface area contributed by atoms with E-state index in [9.17, 15) is 22.8 Å². The Morgan fingerprint density at radius 2 is 1.88 bits per heavy atom. The number of ether oxygens (including phenoxy) is 2. The molecule has 0 bridgehead atoms. The van der Waals surface area contributed by atoms with Crippen LogP contribution in [0.5, 0.6) is 11.5 Å². The number of amides is 2. The number of piperidine rings is 1. The quantitative estimate of drug-likeness (QED) is 0.591. The van der Waals surface area contributed by atoms with Crippen LogP contribution in [-0.4, -0.2) is 42.6 Å². The van der Waals surface area contributed by atoms with Gasteiger partial charge in [-0.3, -0.25) is 20.4 Å². The highest BCUT2D eigenvalue weighted by molar-refractivity contribution is 5.85. The number of halogens is 3. The minimum atomic E-state index is -4.55. The lowest BCUT2D eigenvalue weighted by molar-refractivity contribution is -0.137. The highest BCUT2D eigenvalue weighted by Crippen LogP contribution is 2.36. The molecule has 2 unspecified atom stereocenters. The SMILES string of the molecule is CCOc1ccc(OC(C)C(=O)NNC(=O)C2CCCN(c3ncccc3C(F)(F)F)C2)cc1. The highest BCUT2D eigenvalue weighted by Gasteiger charge is 2.37. The summed E-state index contributed by atoms with van der Waals surface area (Å²) in [5.74, 6) is -0.742. The molecule has 0 spiro atoms. The van der Waals surface area contributed by atoms with E-state index in [4.69, 9.17) is 9.47 Å². The second-order valence-electron chi connectivity index (χ2n) is 7.80. The summed E-state index contributed by atoms with van der Waals surface area (Å²) in [5.41, 5.74) is 3.83. The van der Waals surface area contributed by atoms with Crippen molar-refractivity contribution in [2.75, 3.05) is 24.6 Å². The fraction of sp³-hybridized carbons (Fsp3) is 0.435. The van der Waals surface area contributed by atoms with Gasteiger partial charge >= 0.3 is 6.18 Å². The zero-order chi connectivity index (χ0) is 24.7. The topological polar surface area (TPSA) is 92.8 Å². The van der Waals surface area contributed by atoms with E-state index in [1.54, 1.807) is 24.3 Å². The molecule has 34 heavy (non-hydrogen) atoms. The summed E-state index contributed by atoms with van der Waals surface area (Å²) >= 11 is 0. The van der Waals surface area contributed by atoms with Crippen LogP contribution in [-0.2, 0) is 15.8 Å². The van der Waals surface area contributed by atoms with Crippen molar-refractivity contribution in [1.29, 1.82) is 0 Å². The summed E-state index contributed by atoms with van der Waals surface area (Å²) < 4.78 is 50.9. The van der Waals surface area contributed by atoms with Crippen LogP contribution in [0.3, 0.4) is 0 Å². The molecule has 184 valence electrons. The molecule has 1 fully saturated rings. The number of anilines is 1. The molecule has 3 rings (SSSR count). The van der Waals surface area contributed by atoms with Gasteiger partial charge < -0.3 is 14.4 Å². The van der Waals surface area contributed by atoms with Gasteiger partial charge in [0.15, 0.2) is 6.10 Å². The van der Waals surface area contributed by atoms with Gasteiger partial charge in [0.1, 0.15) is 17.3 Å². The zero-order valence-corrected chi connectivity index (χ0v) is 18.9. The lowest BCUT2D eigenvalue weighted by atomic mass is 9.97. The number of hydrogen-bond acceptors (Lipinski definition) is 6. The number of rotatable bonds is 7. The Bertz CT molecular complexity index is 985. The van der Waals surface area contributed by atoms with Gasteiger partial charge in [0.2, 0.25) is 5.91 Å². The van der Waals surface area contributed by atoms with Crippen LogP contribution in [0.25, 0.3) is 0 Å². The Hall–Kier alpha value is -3.50. The van der Waals surface area contributed by atoms with Crippen molar-refractivity contribution in [2.24, 2.45) is 5.92 Å². The van der Waals surface area contributed by atoms with E-state index in [-0.39, 0.29) is 12.4 Å². The van der Waals surface area contributed by atoms with Crippen LogP contribution in [0.2, 0.25) is 0 Å². The first kappa shape index (κ1) is 25.1. The number of benzene rings is 1. The van der Waals surface area contributed by atoms with E-state index in [1.165, 1.54) is 24.1 Å². The number of alkyl halides is 3. The molecule has 2 aromatic rings. The lowest BCUT2D eigenvalue weighted by Crippen LogP contribution is -2.51. The molecule has 1 saturated heterocycles. The number of pyridine rings is 1. The van der Waals surface area contributed by atoms with Gasteiger partial charge in [-0.25, -0.2) is 4.98 Å². The van der Waals surface area contributed by atoms with Crippen LogP contribution in [0, 0.1) is 5.92 Å². The summed E-state index contributed by atoms with van der Waals surface area (Å²) in [6, 6.07) is 8.95. The average Bonchev–Trinajstić information content (AvgIpc) is 2.83. The molecule has 0 radical (unpaired) electrons. The minimum absolute atomic E-state index is 0.0556. The van der Waals surface area contributed by atoms with E-state index in [2.05, 4.69) is 15.8 Å². The Morgan fingerprint density at radius 3 is 2.56 bits per heavy atom. The van der Waals surface area contributed by atoms with Crippen molar-refractivity contribution in [1.82, 2.24) is 15.8 Å². The molecule has 1 aromatic heterocycles. The average molecular weight is 480 g/mol. The van der Waals surface area contributed by atoms with Crippen molar-refractivity contribution in [3.63, 3.8) is 0 Å². The third-order valence-electron chi connectivity index (χ3n) is 5.31. The maximum Gasteiger partial charge on any atom is 0.419 e. The molecule has 2 heterocycles. The summed E-state index contributed by atoms with van der Waals surface area (Å²) in [6.45, 7) is 4.33. The van der Waals surface area contributed by atoms with Crippen LogP contribution < -0.4 is 25.2 Å². The van der Waals surface area contributed by atoms with Crippen molar-refractivity contribution in [3.05, 3.63) is 48.2 Å². The fourth-order valence-corrected chi connectivity index (χ4v) is 3.62. The summed E-state index contributed by atoms with van der Waals surface area (Å²) in [4.78, 5) is 30.3. The highest BCUT2D eigenvalue weighted by atomic mass is 19.4. The predicted octanol–water partition coefficient (Wildman–Crippen LogP) is 3.33. The molecule has 2 amide bonds. The largest absolute Gasteiger partial charge is 0.494 e. The van der Waals surface area contributed by atoms with Gasteiger partial charge in [0, 0.05) is 19.3 Å². The first-order valence-electron chi connectivity index (χ1n) is 11.0. The summed E-state index contributed by atoms with van der Waals surface area (Å²) in [6.07, 6.45) is -3.17. The second kappa shape index (κ2) is 11.1. The fourth-order valence-electron chi connectivity index (χ4n) is 3.62. The van der Waals surface area contributed by atoms with Crippen molar-refractivity contribution >= 4 is 17.6 Å². The van der Waals surface area contributed by atoms with E-state index in [0.717, 1.165) is 6.07 Å². The molecule has 11 heteroatoms. The lowest BCUT2D eigenvalue weighted by Gasteiger charge is -2.34. The smallest absolute Gasteiger partial charge is 0.419 e. The number of carbonyl (C=O) groups is 2. The first-order chi connectivity index (χ1) is 16.2. The maximum atomic E-state index is 13.3. The minimum Gasteiger partial charge on any atom is -0.494 e. The van der Waals surface area contributed by atoms with E-state index in [0.29, 0.717) is 37.5 Å². The first-order valence-corrected chi connectivity index (χ1v) is 11.0. The van der Waals surface area contributed by atoms with Crippen LogP contribution >= 0.6 is 0 Å². The third kappa shape index (κ3) is 6.52. The van der Waals surface area contributed by atoms with Crippen molar-refractivity contribution in [3.8, 4) is 11.5 Å². The number of hydrogen-bond donors (Lipinski definition) is 2. The molecule has 2 atom stereocenters. The standard InChI is InChI=1S/C23H27F3N4O4/c1-3-33-17-8-10-18(11-9-17)34-15(2)21(31)28-29-22(32)16-6-5-13-30(14-16)20-19(23(24,25)26)7-4-12-27-20/h4,7-12,15-16H,3,5-6,13-14H2,1-2H3,(H,28,31)(H,29,32). The van der Waals surface area contributed by atoms with Gasteiger partial charge in [-0.15, -0.1) is 0 Å². The van der Waals surface area contributed by atoms with Crippen molar-refractivity contribution in [2.45, 2.75) is 39.0 Å². The van der Waals surface area contributed by atoms with Crippen LogP contribution in [0.1, 0.15) is 32.3 Å². The molecule has 0 saturated carbocycles. The molecule has 1 aromatic carbocycles. The molecule has 8 nitrogen and oxygen atoms in total. The van der Waals surface area contributed by atoms with E-state index < -0.39 is 35.6 Å². The van der Waals surface area contributed by atoms with E-state index in [1.807, 2.05) is 6.92 Å². The summed E-state index contributed by atoms with van der Waals surface area (Å²) in [5, 5.41) is 0. The molecule has 2 N–H and O–H groups in total. The molecule has 1 aliphatic heterocycles. The molecular formula is C23H27F3N4O4. The van der Waals surface area contributed by atoms with Crippen LogP contribution in [0.15, 0.2) is 42.6 Å².